The Morgan fingerprint density at radius 1 is 1.09 bits per heavy atom. The Balaban J connectivity index is 1.64. The highest BCUT2D eigenvalue weighted by atomic mass is 79.9. The van der Waals surface area contributed by atoms with E-state index in [1.54, 1.807) is 42.5 Å². The minimum Gasteiger partial charge on any atom is -0.477 e. The summed E-state index contributed by atoms with van der Waals surface area (Å²) in [5.74, 6) is -1.15. The number of carbonyl (C=O) groups is 2. The van der Waals surface area contributed by atoms with Crippen molar-refractivity contribution in [2.75, 3.05) is 6.61 Å². The highest BCUT2D eigenvalue weighted by Crippen LogP contribution is 2.26. The van der Waals surface area contributed by atoms with E-state index in [1.807, 2.05) is 0 Å². The van der Waals surface area contributed by atoms with Gasteiger partial charge in [0.2, 0.25) is 0 Å². The van der Waals surface area contributed by atoms with Crippen LogP contribution in [0.15, 0.2) is 76.3 Å². The molecule has 0 fully saturated rings. The molecule has 0 unspecified atom stereocenters. The fourth-order valence-corrected chi connectivity index (χ4v) is 3.17. The van der Waals surface area contributed by atoms with Crippen LogP contribution < -0.4 is 14.9 Å². The number of amides is 1. The first-order valence-corrected chi connectivity index (χ1v) is 10.5. The van der Waals surface area contributed by atoms with Crippen LogP contribution >= 0.6 is 27.5 Å². The molecule has 0 bridgehead atoms. The number of hydrogen-bond acceptors (Lipinski definition) is 7. The van der Waals surface area contributed by atoms with Crippen LogP contribution in [0.4, 0.5) is 5.69 Å². The predicted molar refractivity (Wildman–Crippen MR) is 125 cm³/mol. The molecule has 1 N–H and O–H groups in total. The van der Waals surface area contributed by atoms with Crippen molar-refractivity contribution in [1.29, 1.82) is 0 Å². The molecule has 9 nitrogen and oxygen atoms in total. The molecule has 3 aromatic rings. The summed E-state index contributed by atoms with van der Waals surface area (Å²) in [6.45, 7) is -0.491. The third-order valence-corrected chi connectivity index (χ3v) is 4.90. The number of esters is 1. The predicted octanol–water partition coefficient (Wildman–Crippen LogP) is 4.76. The molecule has 0 aliphatic carbocycles. The molecular formula is C22H15BrClN3O6. The Bertz CT molecular complexity index is 1230. The van der Waals surface area contributed by atoms with Gasteiger partial charge in [-0.2, -0.15) is 5.10 Å². The summed E-state index contributed by atoms with van der Waals surface area (Å²) >= 11 is 9.36. The summed E-state index contributed by atoms with van der Waals surface area (Å²) in [5.41, 5.74) is 2.59. The van der Waals surface area contributed by atoms with Crippen molar-refractivity contribution < 1.29 is 24.0 Å². The lowest BCUT2D eigenvalue weighted by Gasteiger charge is -2.09. The van der Waals surface area contributed by atoms with Gasteiger partial charge >= 0.3 is 11.7 Å². The lowest BCUT2D eigenvalue weighted by atomic mass is 10.2. The van der Waals surface area contributed by atoms with E-state index < -0.39 is 23.4 Å². The number of nitrogens with one attached hydrogen (secondary N) is 1. The van der Waals surface area contributed by atoms with Crippen molar-refractivity contribution in [1.82, 2.24) is 5.43 Å². The number of rotatable bonds is 8. The number of nitrogens with zero attached hydrogens (tertiary/aromatic N) is 2. The van der Waals surface area contributed by atoms with Gasteiger partial charge in [-0.25, -0.2) is 10.2 Å². The van der Waals surface area contributed by atoms with Crippen LogP contribution in [0.5, 0.6) is 11.5 Å². The highest BCUT2D eigenvalue weighted by Gasteiger charge is 2.16. The van der Waals surface area contributed by atoms with E-state index in [0.717, 1.165) is 0 Å². The Hall–Kier alpha value is -3.76. The van der Waals surface area contributed by atoms with E-state index in [-0.39, 0.29) is 27.8 Å². The van der Waals surface area contributed by atoms with Crippen LogP contribution in [-0.2, 0) is 4.79 Å². The first kappa shape index (κ1) is 23.9. The summed E-state index contributed by atoms with van der Waals surface area (Å²) in [7, 11) is 0. The number of nitro benzene ring substituents is 1. The van der Waals surface area contributed by atoms with E-state index >= 15 is 0 Å². The van der Waals surface area contributed by atoms with Gasteiger partial charge in [0, 0.05) is 16.1 Å². The molecule has 11 heteroatoms. The van der Waals surface area contributed by atoms with Crippen molar-refractivity contribution in [3.05, 3.63) is 97.5 Å². The molecule has 3 aromatic carbocycles. The van der Waals surface area contributed by atoms with Crippen LogP contribution in [-0.4, -0.2) is 29.6 Å². The van der Waals surface area contributed by atoms with Gasteiger partial charge in [0.15, 0.2) is 12.4 Å². The molecule has 1 amide bonds. The molecule has 3 rings (SSSR count). The summed E-state index contributed by atoms with van der Waals surface area (Å²) in [6.07, 6.45) is 1.28. The van der Waals surface area contributed by atoms with Gasteiger partial charge in [0.1, 0.15) is 5.75 Å². The second-order valence-corrected chi connectivity index (χ2v) is 7.68. The van der Waals surface area contributed by atoms with E-state index in [4.69, 9.17) is 21.1 Å². The smallest absolute Gasteiger partial charge is 0.345 e. The monoisotopic (exact) mass is 531 g/mol. The first-order valence-electron chi connectivity index (χ1n) is 9.29. The van der Waals surface area contributed by atoms with Crippen LogP contribution in [0, 0.1) is 10.1 Å². The van der Waals surface area contributed by atoms with Crippen molar-refractivity contribution in [2.24, 2.45) is 5.10 Å². The molecule has 0 heterocycles. The number of hydrazone groups is 1. The van der Waals surface area contributed by atoms with Gasteiger partial charge in [-0.05, 0) is 36.4 Å². The summed E-state index contributed by atoms with van der Waals surface area (Å²) in [6, 6.07) is 17.0. The van der Waals surface area contributed by atoms with Gasteiger partial charge in [0.25, 0.3) is 5.91 Å². The fraction of sp³-hybridized carbons (Fsp3) is 0.0455. The zero-order valence-corrected chi connectivity index (χ0v) is 19.1. The number of halogens is 2. The largest absolute Gasteiger partial charge is 0.477 e. The molecule has 0 aliphatic heterocycles. The maximum Gasteiger partial charge on any atom is 0.345 e. The highest BCUT2D eigenvalue weighted by molar-refractivity contribution is 9.10. The quantitative estimate of drug-likeness (QED) is 0.147. The number of hydrogen-bond donors (Lipinski definition) is 1. The molecular weight excluding hydrogens is 518 g/mol. The van der Waals surface area contributed by atoms with E-state index in [9.17, 15) is 19.7 Å². The second kappa shape index (κ2) is 11.2. The van der Waals surface area contributed by atoms with E-state index in [0.29, 0.717) is 10.0 Å². The molecule has 0 aliphatic rings. The average Bonchev–Trinajstić information content (AvgIpc) is 2.79. The summed E-state index contributed by atoms with van der Waals surface area (Å²) in [4.78, 5) is 34.9. The number of carbonyl (C=O) groups excluding carboxylic acids is 2. The van der Waals surface area contributed by atoms with Crippen molar-refractivity contribution in [3.8, 4) is 11.5 Å². The molecule has 0 saturated carbocycles. The topological polar surface area (TPSA) is 120 Å². The van der Waals surface area contributed by atoms with Gasteiger partial charge in [-0.15, -0.1) is 0 Å². The second-order valence-electron chi connectivity index (χ2n) is 6.36. The van der Waals surface area contributed by atoms with Crippen molar-refractivity contribution in [3.63, 3.8) is 0 Å². The molecule has 0 aromatic heterocycles. The molecule has 0 atom stereocenters. The van der Waals surface area contributed by atoms with E-state index in [1.165, 1.54) is 30.5 Å². The number of ether oxygens (including phenoxy) is 2. The summed E-state index contributed by atoms with van der Waals surface area (Å²) in [5, 5.41) is 15.1. The van der Waals surface area contributed by atoms with Crippen LogP contribution in [0.25, 0.3) is 0 Å². The summed E-state index contributed by atoms with van der Waals surface area (Å²) < 4.78 is 11.3. The van der Waals surface area contributed by atoms with Crippen molar-refractivity contribution >= 4 is 51.3 Å². The molecule has 0 radical (unpaired) electrons. The maximum atomic E-state index is 12.5. The normalized spacial score (nSPS) is 10.6. The SMILES string of the molecule is O=C(COc1ccccc1[N+](=O)[O-])NN=Cc1cc(Br)ccc1OC(=O)c1ccccc1Cl. The average molecular weight is 533 g/mol. The molecule has 0 spiro atoms. The zero-order valence-electron chi connectivity index (χ0n) is 16.7. The molecule has 33 heavy (non-hydrogen) atoms. The van der Waals surface area contributed by atoms with Crippen molar-refractivity contribution in [2.45, 2.75) is 0 Å². The lowest BCUT2D eigenvalue weighted by Crippen LogP contribution is -2.24. The minimum absolute atomic E-state index is 0.0395. The Labute approximate surface area is 201 Å². The number of nitro groups is 1. The Morgan fingerprint density at radius 3 is 2.58 bits per heavy atom. The molecule has 168 valence electrons. The third-order valence-electron chi connectivity index (χ3n) is 4.08. The minimum atomic E-state index is -0.653. The fourth-order valence-electron chi connectivity index (χ4n) is 2.57. The number of benzene rings is 3. The Kier molecular flexibility index (Phi) is 8.11. The standard InChI is InChI=1S/C22H15BrClN3O6/c23-15-9-10-19(33-22(29)16-5-1-2-6-17(16)24)14(11-15)12-25-26-21(28)13-32-20-8-4-3-7-18(20)27(30)31/h1-12H,13H2,(H,26,28). The zero-order chi connectivity index (χ0) is 23.8. The first-order chi connectivity index (χ1) is 15.8. The maximum absolute atomic E-state index is 12.5. The third kappa shape index (κ3) is 6.61. The molecule has 0 saturated heterocycles. The van der Waals surface area contributed by atoms with Gasteiger partial charge < -0.3 is 9.47 Å². The number of para-hydroxylation sites is 2. The van der Waals surface area contributed by atoms with Crippen LogP contribution in [0.3, 0.4) is 0 Å². The van der Waals surface area contributed by atoms with Gasteiger partial charge in [0.05, 0.1) is 21.7 Å². The van der Waals surface area contributed by atoms with Gasteiger partial charge in [-0.1, -0.05) is 51.8 Å². The van der Waals surface area contributed by atoms with E-state index in [2.05, 4.69) is 26.5 Å². The van der Waals surface area contributed by atoms with Crippen LogP contribution in [0.2, 0.25) is 5.02 Å². The lowest BCUT2D eigenvalue weighted by molar-refractivity contribution is -0.385. The van der Waals surface area contributed by atoms with Gasteiger partial charge in [-0.3, -0.25) is 14.9 Å². The Morgan fingerprint density at radius 2 is 1.82 bits per heavy atom. The van der Waals surface area contributed by atoms with Crippen LogP contribution in [0.1, 0.15) is 15.9 Å².